The summed E-state index contributed by atoms with van der Waals surface area (Å²) in [6.07, 6.45) is 6.99. The minimum absolute atomic E-state index is 0.243. The van der Waals surface area contributed by atoms with Gasteiger partial charge >= 0.3 is 0 Å². The highest BCUT2D eigenvalue weighted by Gasteiger charge is 2.34. The zero-order valence-corrected chi connectivity index (χ0v) is 11.0. The summed E-state index contributed by atoms with van der Waals surface area (Å²) in [6, 6.07) is 0.638. The molecule has 0 bridgehead atoms. The minimum Gasteiger partial charge on any atom is -0.389 e. The van der Waals surface area contributed by atoms with Gasteiger partial charge in [-0.25, -0.2) is 0 Å². The lowest BCUT2D eigenvalue weighted by atomic mass is 9.80. The maximum absolute atomic E-state index is 10.0. The summed E-state index contributed by atoms with van der Waals surface area (Å²) in [5, 5.41) is 17.7. The van der Waals surface area contributed by atoms with Crippen molar-refractivity contribution in [2.45, 2.75) is 57.7 Å². The molecule has 1 saturated carbocycles. The van der Waals surface area contributed by atoms with E-state index in [1.165, 1.54) is 5.56 Å². The first-order chi connectivity index (χ1) is 8.00. The van der Waals surface area contributed by atoms with Gasteiger partial charge in [-0.15, -0.1) is 0 Å². The Morgan fingerprint density at radius 3 is 2.65 bits per heavy atom. The van der Waals surface area contributed by atoms with Gasteiger partial charge in [0.15, 0.2) is 0 Å². The van der Waals surface area contributed by atoms with Crippen molar-refractivity contribution < 1.29 is 5.11 Å². The van der Waals surface area contributed by atoms with Crippen LogP contribution in [0.1, 0.15) is 57.7 Å². The molecule has 0 saturated heterocycles. The molecule has 1 aromatic heterocycles. The Hall–Kier alpha value is -0.870. The average molecular weight is 237 g/mol. The lowest BCUT2D eigenvalue weighted by Gasteiger charge is -2.37. The van der Waals surface area contributed by atoms with Crippen LogP contribution in [-0.4, -0.2) is 27.0 Å². The van der Waals surface area contributed by atoms with Crippen molar-refractivity contribution in [1.29, 1.82) is 0 Å². The quantitative estimate of drug-likeness (QED) is 0.824. The number of hydrogen-bond acceptors (Lipinski definition) is 3. The Morgan fingerprint density at radius 2 is 2.18 bits per heavy atom. The summed E-state index contributed by atoms with van der Waals surface area (Å²) in [4.78, 5) is 0. The zero-order valence-electron chi connectivity index (χ0n) is 11.0. The topological polar surface area (TPSA) is 50.1 Å². The van der Waals surface area contributed by atoms with Crippen molar-refractivity contribution in [2.75, 3.05) is 6.54 Å². The lowest BCUT2D eigenvalue weighted by Crippen LogP contribution is -2.46. The summed E-state index contributed by atoms with van der Waals surface area (Å²) in [5.41, 5.74) is 0.726. The van der Waals surface area contributed by atoms with Gasteiger partial charge in [0.2, 0.25) is 0 Å². The van der Waals surface area contributed by atoms with Gasteiger partial charge in [0.05, 0.1) is 11.8 Å². The highest BCUT2D eigenvalue weighted by atomic mass is 16.3. The summed E-state index contributed by atoms with van der Waals surface area (Å²) >= 11 is 0. The molecule has 0 amide bonds. The molecule has 1 fully saturated rings. The molecule has 0 radical (unpaired) electrons. The Morgan fingerprint density at radius 1 is 1.47 bits per heavy atom. The van der Waals surface area contributed by atoms with E-state index in [0.717, 1.165) is 19.3 Å². The van der Waals surface area contributed by atoms with Gasteiger partial charge in [0.1, 0.15) is 0 Å². The van der Waals surface area contributed by atoms with Crippen molar-refractivity contribution in [1.82, 2.24) is 15.1 Å². The molecule has 1 unspecified atom stereocenters. The minimum atomic E-state index is -0.456. The van der Waals surface area contributed by atoms with Gasteiger partial charge in [-0.2, -0.15) is 5.10 Å². The summed E-state index contributed by atoms with van der Waals surface area (Å²) in [6.45, 7) is 7.03. The van der Waals surface area contributed by atoms with Gasteiger partial charge in [0.25, 0.3) is 0 Å². The molecule has 1 heterocycles. The van der Waals surface area contributed by atoms with Gasteiger partial charge < -0.3 is 10.4 Å². The molecule has 0 aromatic carbocycles. The smallest absolute Gasteiger partial charge is 0.0771 e. The Kier molecular flexibility index (Phi) is 3.54. The summed E-state index contributed by atoms with van der Waals surface area (Å²) < 4.78 is 1.96. The van der Waals surface area contributed by atoms with Crippen molar-refractivity contribution in [3.05, 3.63) is 18.0 Å². The molecular formula is C13H23N3O. The first kappa shape index (κ1) is 12.6. The average Bonchev–Trinajstić information content (AvgIpc) is 2.72. The Balaban J connectivity index is 1.88. The largest absolute Gasteiger partial charge is 0.389 e. The fourth-order valence-corrected chi connectivity index (χ4v) is 2.08. The molecule has 1 aliphatic carbocycles. The first-order valence-electron chi connectivity index (χ1n) is 6.50. The second-order valence-corrected chi connectivity index (χ2v) is 5.53. The number of aliphatic hydroxyl groups is 1. The van der Waals surface area contributed by atoms with Gasteiger partial charge in [-0.1, -0.05) is 0 Å². The number of hydrogen-bond donors (Lipinski definition) is 2. The highest BCUT2D eigenvalue weighted by Crippen LogP contribution is 2.31. The molecule has 2 rings (SSSR count). The molecule has 4 heteroatoms. The van der Waals surface area contributed by atoms with E-state index in [0.29, 0.717) is 12.6 Å². The predicted octanol–water partition coefficient (Wildman–Crippen LogP) is 2.03. The molecule has 1 aliphatic rings. The molecule has 0 spiro atoms. The number of rotatable bonds is 5. The van der Waals surface area contributed by atoms with Crippen LogP contribution < -0.4 is 5.32 Å². The second-order valence-electron chi connectivity index (χ2n) is 5.53. The van der Waals surface area contributed by atoms with Crippen LogP contribution in [0.25, 0.3) is 0 Å². The zero-order chi connectivity index (χ0) is 12.5. The number of nitrogens with one attached hydrogen (secondary N) is 1. The molecular weight excluding hydrogens is 214 g/mol. The third-order valence-corrected chi connectivity index (χ3v) is 3.67. The van der Waals surface area contributed by atoms with E-state index in [1.54, 1.807) is 0 Å². The van der Waals surface area contributed by atoms with E-state index in [-0.39, 0.29) is 6.04 Å². The molecule has 4 nitrogen and oxygen atoms in total. The van der Waals surface area contributed by atoms with Crippen LogP contribution in [0.2, 0.25) is 0 Å². The highest BCUT2D eigenvalue weighted by molar-refractivity contribution is 5.10. The van der Waals surface area contributed by atoms with Crippen LogP contribution in [0.15, 0.2) is 12.4 Å². The maximum atomic E-state index is 10.0. The van der Waals surface area contributed by atoms with Crippen molar-refractivity contribution >= 4 is 0 Å². The normalized spacial score (nSPS) is 20.3. The van der Waals surface area contributed by atoms with E-state index in [2.05, 4.69) is 37.4 Å². The fraction of sp³-hybridized carbons (Fsp3) is 0.769. The number of aromatic nitrogens is 2. The monoisotopic (exact) mass is 237 g/mol. The van der Waals surface area contributed by atoms with E-state index >= 15 is 0 Å². The first-order valence-corrected chi connectivity index (χ1v) is 6.50. The van der Waals surface area contributed by atoms with Crippen molar-refractivity contribution in [3.63, 3.8) is 0 Å². The summed E-state index contributed by atoms with van der Waals surface area (Å²) in [7, 11) is 0. The van der Waals surface area contributed by atoms with E-state index in [9.17, 15) is 5.11 Å². The maximum Gasteiger partial charge on any atom is 0.0771 e. The standard InChI is InChI=1S/C13H23N3O/c1-10(2)16-8-12(7-15-16)11(3)14-9-13(17)5-4-6-13/h7-8,10-11,14,17H,4-6,9H2,1-3H3. The lowest BCUT2D eigenvalue weighted by molar-refractivity contribution is -0.0329. The van der Waals surface area contributed by atoms with Crippen LogP contribution in [0.4, 0.5) is 0 Å². The number of nitrogens with zero attached hydrogens (tertiary/aromatic N) is 2. The third kappa shape index (κ3) is 2.87. The Labute approximate surface area is 103 Å². The van der Waals surface area contributed by atoms with E-state index in [1.807, 2.05) is 10.9 Å². The SMILES string of the molecule is CC(NCC1(O)CCC1)c1cnn(C(C)C)c1. The van der Waals surface area contributed by atoms with Crippen LogP contribution in [-0.2, 0) is 0 Å². The molecule has 96 valence electrons. The van der Waals surface area contributed by atoms with Crippen LogP contribution >= 0.6 is 0 Å². The van der Waals surface area contributed by atoms with Gasteiger partial charge in [0, 0.05) is 30.4 Å². The second kappa shape index (κ2) is 4.78. The molecule has 1 atom stereocenters. The molecule has 2 N–H and O–H groups in total. The van der Waals surface area contributed by atoms with E-state index in [4.69, 9.17) is 0 Å². The van der Waals surface area contributed by atoms with Crippen LogP contribution in [0.5, 0.6) is 0 Å². The molecule has 0 aliphatic heterocycles. The van der Waals surface area contributed by atoms with Crippen LogP contribution in [0, 0.1) is 0 Å². The summed E-state index contributed by atoms with van der Waals surface area (Å²) in [5.74, 6) is 0. The van der Waals surface area contributed by atoms with Crippen molar-refractivity contribution in [3.8, 4) is 0 Å². The molecule has 17 heavy (non-hydrogen) atoms. The fourth-order valence-electron chi connectivity index (χ4n) is 2.08. The van der Waals surface area contributed by atoms with Gasteiger partial charge in [-0.3, -0.25) is 4.68 Å². The van der Waals surface area contributed by atoms with Gasteiger partial charge in [-0.05, 0) is 40.0 Å². The Bertz CT molecular complexity index is 368. The van der Waals surface area contributed by atoms with Crippen LogP contribution in [0.3, 0.4) is 0 Å². The van der Waals surface area contributed by atoms with Crippen molar-refractivity contribution in [2.24, 2.45) is 0 Å². The van der Waals surface area contributed by atoms with E-state index < -0.39 is 5.60 Å². The third-order valence-electron chi connectivity index (χ3n) is 3.67. The predicted molar refractivity (Wildman–Crippen MR) is 67.8 cm³/mol. The molecule has 1 aromatic rings.